The monoisotopic (exact) mass is 280 g/mol. The molecule has 0 aliphatic heterocycles. The van der Waals surface area contributed by atoms with Crippen LogP contribution in [0.5, 0.6) is 0 Å². The minimum Gasteiger partial charge on any atom is -0.478 e. The lowest BCUT2D eigenvalue weighted by atomic mass is 10.1. The number of hydrogen-bond donors (Lipinski definition) is 1. The lowest BCUT2D eigenvalue weighted by Crippen LogP contribution is -2.02. The molecule has 0 aliphatic rings. The number of hydrogen-bond acceptors (Lipinski definition) is 1. The number of aryl methyl sites for hydroxylation is 1. The van der Waals surface area contributed by atoms with Gasteiger partial charge in [-0.2, -0.15) is 0 Å². The molecular formula is C8H6FIO2. The molecule has 0 atom stereocenters. The van der Waals surface area contributed by atoms with Crippen LogP contribution < -0.4 is 0 Å². The van der Waals surface area contributed by atoms with Crippen molar-refractivity contribution in [2.75, 3.05) is 0 Å². The maximum absolute atomic E-state index is 13.1. The molecule has 0 unspecified atom stereocenters. The van der Waals surface area contributed by atoms with E-state index < -0.39 is 11.8 Å². The Balaban J connectivity index is 3.36. The zero-order valence-electron chi connectivity index (χ0n) is 6.27. The summed E-state index contributed by atoms with van der Waals surface area (Å²) in [5.41, 5.74) is 0.475. The van der Waals surface area contributed by atoms with Crippen molar-refractivity contribution in [1.82, 2.24) is 0 Å². The minimum absolute atomic E-state index is 0.0127. The Kier molecular flexibility index (Phi) is 2.66. The molecule has 64 valence electrons. The molecule has 0 bridgehead atoms. The number of carbonyl (C=O) groups is 1. The number of halogens is 2. The second kappa shape index (κ2) is 3.38. The Morgan fingerprint density at radius 1 is 1.58 bits per heavy atom. The first-order valence-electron chi connectivity index (χ1n) is 3.22. The highest BCUT2D eigenvalue weighted by Gasteiger charge is 2.12. The maximum atomic E-state index is 13.1. The van der Waals surface area contributed by atoms with E-state index in [0.29, 0.717) is 5.56 Å². The molecule has 12 heavy (non-hydrogen) atoms. The number of aromatic carboxylic acids is 1. The van der Waals surface area contributed by atoms with Crippen LogP contribution in [0.3, 0.4) is 0 Å². The van der Waals surface area contributed by atoms with Crippen LogP contribution >= 0.6 is 22.6 Å². The van der Waals surface area contributed by atoms with Gasteiger partial charge in [-0.1, -0.05) is 6.07 Å². The average Bonchev–Trinajstić information content (AvgIpc) is 2.00. The first kappa shape index (κ1) is 9.44. The molecule has 1 aromatic carbocycles. The largest absolute Gasteiger partial charge is 0.478 e. The summed E-state index contributed by atoms with van der Waals surface area (Å²) in [7, 11) is 0. The van der Waals surface area contributed by atoms with Crippen LogP contribution in [0, 0.1) is 16.3 Å². The number of carboxylic acids is 1. The van der Waals surface area contributed by atoms with Gasteiger partial charge in [0.15, 0.2) is 0 Å². The van der Waals surface area contributed by atoms with Crippen molar-refractivity contribution in [2.45, 2.75) is 6.92 Å². The Bertz CT molecular complexity index is 336. The van der Waals surface area contributed by atoms with E-state index in [1.165, 1.54) is 12.1 Å². The average molecular weight is 280 g/mol. The fourth-order valence-electron chi connectivity index (χ4n) is 0.811. The molecule has 0 aliphatic carbocycles. The Morgan fingerprint density at radius 2 is 2.17 bits per heavy atom. The quantitative estimate of drug-likeness (QED) is 0.802. The van der Waals surface area contributed by atoms with Crippen molar-refractivity contribution < 1.29 is 14.3 Å². The number of rotatable bonds is 1. The van der Waals surface area contributed by atoms with Crippen molar-refractivity contribution in [3.05, 3.63) is 32.6 Å². The van der Waals surface area contributed by atoms with Crippen LogP contribution in [0.2, 0.25) is 0 Å². The first-order valence-corrected chi connectivity index (χ1v) is 4.30. The van der Waals surface area contributed by atoms with E-state index in [9.17, 15) is 9.18 Å². The van der Waals surface area contributed by atoms with Gasteiger partial charge in [0.05, 0.1) is 9.13 Å². The van der Waals surface area contributed by atoms with Crippen molar-refractivity contribution in [2.24, 2.45) is 0 Å². The third-order valence-electron chi connectivity index (χ3n) is 1.51. The second-order valence-corrected chi connectivity index (χ2v) is 3.44. The predicted molar refractivity (Wildman–Crippen MR) is 50.8 cm³/mol. The molecule has 1 N–H and O–H groups in total. The fourth-order valence-corrected chi connectivity index (χ4v) is 1.65. The molecule has 0 saturated carbocycles. The van der Waals surface area contributed by atoms with Gasteiger partial charge >= 0.3 is 5.97 Å². The first-order chi connectivity index (χ1) is 5.54. The van der Waals surface area contributed by atoms with Gasteiger partial charge in [-0.05, 0) is 41.1 Å². The highest BCUT2D eigenvalue weighted by Crippen LogP contribution is 2.19. The van der Waals surface area contributed by atoms with Crippen LogP contribution in [-0.4, -0.2) is 11.1 Å². The molecular weight excluding hydrogens is 274 g/mol. The molecule has 2 nitrogen and oxygen atoms in total. The summed E-state index contributed by atoms with van der Waals surface area (Å²) in [6.07, 6.45) is 0. The Labute approximate surface area is 82.5 Å². The molecule has 0 radical (unpaired) electrons. The smallest absolute Gasteiger partial charge is 0.336 e. The molecule has 0 aromatic heterocycles. The highest BCUT2D eigenvalue weighted by atomic mass is 127. The van der Waals surface area contributed by atoms with Gasteiger partial charge in [0.1, 0.15) is 5.82 Å². The minimum atomic E-state index is -1.10. The third kappa shape index (κ3) is 1.57. The standard InChI is InChI=1S/C8H6FIO2/c1-4-2-3-5(8(11)12)7(10)6(4)9/h2-3H,1H3,(H,11,12). The summed E-state index contributed by atoms with van der Waals surface area (Å²) in [6.45, 7) is 1.60. The number of benzene rings is 1. The Morgan fingerprint density at radius 3 is 2.67 bits per heavy atom. The van der Waals surface area contributed by atoms with E-state index in [1.54, 1.807) is 29.5 Å². The molecule has 0 saturated heterocycles. The van der Waals surface area contributed by atoms with Gasteiger partial charge in [0.2, 0.25) is 0 Å². The molecule has 4 heteroatoms. The van der Waals surface area contributed by atoms with E-state index in [2.05, 4.69) is 0 Å². The van der Waals surface area contributed by atoms with Crippen molar-refractivity contribution in [1.29, 1.82) is 0 Å². The molecule has 0 fully saturated rings. The summed E-state index contributed by atoms with van der Waals surface area (Å²) < 4.78 is 13.2. The van der Waals surface area contributed by atoms with Crippen LogP contribution in [0.4, 0.5) is 4.39 Å². The predicted octanol–water partition coefficient (Wildman–Crippen LogP) is 2.44. The zero-order chi connectivity index (χ0) is 9.30. The SMILES string of the molecule is Cc1ccc(C(=O)O)c(I)c1F. The van der Waals surface area contributed by atoms with E-state index >= 15 is 0 Å². The van der Waals surface area contributed by atoms with E-state index in [0.717, 1.165) is 0 Å². The summed E-state index contributed by atoms with van der Waals surface area (Å²) >= 11 is 1.69. The van der Waals surface area contributed by atoms with Gasteiger partial charge < -0.3 is 5.11 Å². The van der Waals surface area contributed by atoms with E-state index in [1.807, 2.05) is 0 Å². The van der Waals surface area contributed by atoms with Crippen LogP contribution in [0.1, 0.15) is 15.9 Å². The highest BCUT2D eigenvalue weighted by molar-refractivity contribution is 14.1. The lowest BCUT2D eigenvalue weighted by Gasteiger charge is -2.02. The summed E-state index contributed by atoms with van der Waals surface area (Å²) in [5, 5.41) is 8.61. The molecule has 0 spiro atoms. The van der Waals surface area contributed by atoms with E-state index in [4.69, 9.17) is 5.11 Å². The van der Waals surface area contributed by atoms with Crippen LogP contribution in [-0.2, 0) is 0 Å². The lowest BCUT2D eigenvalue weighted by molar-refractivity contribution is 0.0695. The Hall–Kier alpha value is -0.650. The second-order valence-electron chi connectivity index (χ2n) is 2.36. The summed E-state index contributed by atoms with van der Waals surface area (Å²) in [4.78, 5) is 10.5. The van der Waals surface area contributed by atoms with Gasteiger partial charge in [-0.25, -0.2) is 9.18 Å². The van der Waals surface area contributed by atoms with Gasteiger partial charge in [0.25, 0.3) is 0 Å². The normalized spacial score (nSPS) is 9.92. The van der Waals surface area contributed by atoms with Crippen LogP contribution in [0.25, 0.3) is 0 Å². The van der Waals surface area contributed by atoms with Crippen molar-refractivity contribution in [3.63, 3.8) is 0 Å². The third-order valence-corrected chi connectivity index (χ3v) is 2.56. The van der Waals surface area contributed by atoms with Gasteiger partial charge in [-0.15, -0.1) is 0 Å². The number of carboxylic acid groups (broad SMARTS) is 1. The molecule has 0 heterocycles. The maximum Gasteiger partial charge on any atom is 0.336 e. The van der Waals surface area contributed by atoms with Crippen LogP contribution in [0.15, 0.2) is 12.1 Å². The van der Waals surface area contributed by atoms with Gasteiger partial charge in [-0.3, -0.25) is 0 Å². The molecule has 1 rings (SSSR count). The molecule has 1 aromatic rings. The molecule has 0 amide bonds. The van der Waals surface area contributed by atoms with Crippen molar-refractivity contribution >= 4 is 28.6 Å². The van der Waals surface area contributed by atoms with Gasteiger partial charge in [0, 0.05) is 0 Å². The zero-order valence-corrected chi connectivity index (χ0v) is 8.42. The fraction of sp³-hybridized carbons (Fsp3) is 0.125. The summed E-state index contributed by atoms with van der Waals surface area (Å²) in [5.74, 6) is -1.55. The summed E-state index contributed by atoms with van der Waals surface area (Å²) in [6, 6.07) is 2.86. The topological polar surface area (TPSA) is 37.3 Å². The van der Waals surface area contributed by atoms with Crippen molar-refractivity contribution in [3.8, 4) is 0 Å². The van der Waals surface area contributed by atoms with E-state index in [-0.39, 0.29) is 9.13 Å².